The van der Waals surface area contributed by atoms with Crippen molar-refractivity contribution >= 4 is 5.57 Å². The predicted molar refractivity (Wildman–Crippen MR) is 72.9 cm³/mol. The molecule has 3 atom stereocenters. The van der Waals surface area contributed by atoms with Crippen molar-refractivity contribution in [2.45, 2.75) is 26.1 Å². The molecule has 1 aliphatic carbocycles. The minimum atomic E-state index is -4.49. The van der Waals surface area contributed by atoms with Crippen molar-refractivity contribution in [1.82, 2.24) is 0 Å². The number of halogens is 3. The number of alkyl halides is 3. The van der Waals surface area contributed by atoms with E-state index in [0.29, 0.717) is 0 Å². The van der Waals surface area contributed by atoms with E-state index in [-0.39, 0.29) is 0 Å². The van der Waals surface area contributed by atoms with E-state index < -0.39 is 23.6 Å². The number of aliphatic hydroxyl groups excluding tert-OH is 1. The first kappa shape index (κ1) is 14.9. The lowest BCUT2D eigenvalue weighted by Crippen LogP contribution is -2.50. The number of hydrogen-bond donors (Lipinski definition) is 1. The Kier molecular flexibility index (Phi) is 3.78. The van der Waals surface area contributed by atoms with Crippen molar-refractivity contribution in [3.8, 4) is 0 Å². The molecule has 0 heterocycles. The van der Waals surface area contributed by atoms with Gasteiger partial charge >= 0.3 is 6.18 Å². The first-order valence-electron chi connectivity index (χ1n) is 6.50. The molecular weight excluding hydrogens is 265 g/mol. The first-order valence-corrected chi connectivity index (χ1v) is 6.50. The molecule has 1 N–H and O–H groups in total. The highest BCUT2D eigenvalue weighted by Gasteiger charge is 2.59. The molecule has 20 heavy (non-hydrogen) atoms. The van der Waals surface area contributed by atoms with Gasteiger partial charge in [-0.2, -0.15) is 13.2 Å². The second-order valence-corrected chi connectivity index (χ2v) is 5.22. The smallest absolute Gasteiger partial charge is 0.392 e. The summed E-state index contributed by atoms with van der Waals surface area (Å²) >= 11 is 0. The molecule has 0 aromatic heterocycles. The van der Waals surface area contributed by atoms with Crippen LogP contribution in [0.15, 0.2) is 48.6 Å². The molecule has 0 aliphatic heterocycles. The summed E-state index contributed by atoms with van der Waals surface area (Å²) in [6.45, 7) is 2.68. The average Bonchev–Trinajstić information content (AvgIpc) is 2.37. The SMILES string of the molecule is CC(O)C1(C(F)(F)F)C=CC(c2ccccc2)=CC1C. The van der Waals surface area contributed by atoms with Gasteiger partial charge in [0.15, 0.2) is 0 Å². The maximum Gasteiger partial charge on any atom is 0.400 e. The molecule has 0 saturated carbocycles. The molecule has 2 rings (SSSR count). The Balaban J connectivity index is 2.43. The van der Waals surface area contributed by atoms with Gasteiger partial charge < -0.3 is 5.11 Å². The van der Waals surface area contributed by atoms with Crippen LogP contribution in [0.5, 0.6) is 0 Å². The molecule has 0 spiro atoms. The number of rotatable bonds is 2. The van der Waals surface area contributed by atoms with E-state index in [1.165, 1.54) is 19.9 Å². The van der Waals surface area contributed by atoms with Crippen LogP contribution in [0.4, 0.5) is 13.2 Å². The molecule has 0 amide bonds. The molecule has 1 aromatic rings. The van der Waals surface area contributed by atoms with E-state index in [0.717, 1.165) is 17.2 Å². The van der Waals surface area contributed by atoms with E-state index in [9.17, 15) is 18.3 Å². The average molecular weight is 282 g/mol. The molecule has 4 heteroatoms. The minimum absolute atomic E-state index is 0.749. The Bertz CT molecular complexity index is 528. The van der Waals surface area contributed by atoms with Crippen molar-refractivity contribution in [2.75, 3.05) is 0 Å². The third kappa shape index (κ3) is 2.29. The molecule has 1 aliphatic rings. The minimum Gasteiger partial charge on any atom is -0.392 e. The largest absolute Gasteiger partial charge is 0.400 e. The second kappa shape index (κ2) is 5.09. The summed E-state index contributed by atoms with van der Waals surface area (Å²) in [5, 5.41) is 9.69. The summed E-state index contributed by atoms with van der Waals surface area (Å²) in [5.41, 5.74) is -0.596. The Morgan fingerprint density at radius 2 is 1.80 bits per heavy atom. The summed E-state index contributed by atoms with van der Waals surface area (Å²) in [6.07, 6.45) is -1.85. The molecule has 0 bridgehead atoms. The zero-order chi connectivity index (χ0) is 15.0. The molecule has 1 nitrogen and oxygen atoms in total. The molecule has 3 unspecified atom stereocenters. The van der Waals surface area contributed by atoms with Gasteiger partial charge in [-0.3, -0.25) is 0 Å². The third-order valence-corrected chi connectivity index (χ3v) is 4.01. The van der Waals surface area contributed by atoms with Gasteiger partial charge in [0, 0.05) is 0 Å². The van der Waals surface area contributed by atoms with Crippen LogP contribution < -0.4 is 0 Å². The standard InChI is InChI=1S/C16H17F3O/c1-11-10-14(13-6-4-3-5-7-13)8-9-15(11,12(2)20)16(17,18)19/h3-12,20H,1-2H3. The summed E-state index contributed by atoms with van der Waals surface area (Å²) in [6, 6.07) is 9.25. The second-order valence-electron chi connectivity index (χ2n) is 5.22. The van der Waals surface area contributed by atoms with Crippen LogP contribution in [0.3, 0.4) is 0 Å². The van der Waals surface area contributed by atoms with Crippen molar-refractivity contribution in [3.05, 3.63) is 54.1 Å². The van der Waals surface area contributed by atoms with Gasteiger partial charge in [0.05, 0.1) is 6.10 Å². The van der Waals surface area contributed by atoms with Crippen LogP contribution in [-0.2, 0) is 0 Å². The fourth-order valence-corrected chi connectivity index (χ4v) is 2.77. The van der Waals surface area contributed by atoms with Gasteiger partial charge in [-0.25, -0.2) is 0 Å². The van der Waals surface area contributed by atoms with Gasteiger partial charge in [0.25, 0.3) is 0 Å². The van der Waals surface area contributed by atoms with Crippen LogP contribution in [0.2, 0.25) is 0 Å². The Morgan fingerprint density at radius 3 is 2.25 bits per heavy atom. The van der Waals surface area contributed by atoms with E-state index in [4.69, 9.17) is 0 Å². The van der Waals surface area contributed by atoms with Crippen LogP contribution in [0.1, 0.15) is 19.4 Å². The van der Waals surface area contributed by atoms with Crippen LogP contribution >= 0.6 is 0 Å². The number of aliphatic hydroxyl groups is 1. The van der Waals surface area contributed by atoms with Crippen molar-refractivity contribution < 1.29 is 18.3 Å². The number of allylic oxidation sites excluding steroid dienone is 3. The third-order valence-electron chi connectivity index (χ3n) is 4.01. The quantitative estimate of drug-likeness (QED) is 0.861. The fraction of sp³-hybridized carbons (Fsp3) is 0.375. The zero-order valence-electron chi connectivity index (χ0n) is 11.4. The lowest BCUT2D eigenvalue weighted by atomic mass is 9.68. The molecule has 0 fully saturated rings. The van der Waals surface area contributed by atoms with Gasteiger partial charge in [-0.1, -0.05) is 55.5 Å². The van der Waals surface area contributed by atoms with Crippen molar-refractivity contribution in [3.63, 3.8) is 0 Å². The first-order chi connectivity index (χ1) is 9.29. The van der Waals surface area contributed by atoms with Crippen molar-refractivity contribution in [2.24, 2.45) is 11.3 Å². The highest BCUT2D eigenvalue weighted by molar-refractivity contribution is 5.75. The molecule has 1 aromatic carbocycles. The van der Waals surface area contributed by atoms with Crippen molar-refractivity contribution in [1.29, 1.82) is 0 Å². The maximum absolute atomic E-state index is 13.4. The zero-order valence-corrected chi connectivity index (χ0v) is 11.4. The topological polar surface area (TPSA) is 20.2 Å². The van der Waals surface area contributed by atoms with Crippen LogP contribution in [-0.4, -0.2) is 17.4 Å². The molecule has 108 valence electrons. The maximum atomic E-state index is 13.4. The van der Waals surface area contributed by atoms with E-state index in [1.807, 2.05) is 30.3 Å². The van der Waals surface area contributed by atoms with Crippen LogP contribution in [0, 0.1) is 11.3 Å². The summed E-state index contributed by atoms with van der Waals surface area (Å²) < 4.78 is 40.2. The Labute approximate surface area is 116 Å². The lowest BCUT2D eigenvalue weighted by Gasteiger charge is -2.41. The van der Waals surface area contributed by atoms with Crippen LogP contribution in [0.25, 0.3) is 5.57 Å². The van der Waals surface area contributed by atoms with Gasteiger partial charge in [-0.05, 0) is 24.0 Å². The van der Waals surface area contributed by atoms with Gasteiger partial charge in [-0.15, -0.1) is 0 Å². The summed E-state index contributed by atoms with van der Waals surface area (Å²) in [5.74, 6) is -0.831. The Morgan fingerprint density at radius 1 is 1.20 bits per heavy atom. The van der Waals surface area contributed by atoms with E-state index >= 15 is 0 Å². The van der Waals surface area contributed by atoms with Gasteiger partial charge in [0.1, 0.15) is 5.41 Å². The Hall–Kier alpha value is -1.55. The highest BCUT2D eigenvalue weighted by Crippen LogP contribution is 2.51. The normalized spacial score (nSPS) is 28.1. The molecule has 0 saturated heterocycles. The molecule has 0 radical (unpaired) electrons. The number of hydrogen-bond acceptors (Lipinski definition) is 1. The fourth-order valence-electron chi connectivity index (χ4n) is 2.77. The summed E-state index contributed by atoms with van der Waals surface area (Å²) in [4.78, 5) is 0. The highest BCUT2D eigenvalue weighted by atomic mass is 19.4. The van der Waals surface area contributed by atoms with E-state index in [1.54, 1.807) is 6.08 Å². The summed E-state index contributed by atoms with van der Waals surface area (Å²) in [7, 11) is 0. The molecular formula is C16H17F3O. The predicted octanol–water partition coefficient (Wildman–Crippen LogP) is 4.21. The lowest BCUT2D eigenvalue weighted by molar-refractivity contribution is -0.244. The number of benzene rings is 1. The van der Waals surface area contributed by atoms with Gasteiger partial charge in [0.2, 0.25) is 0 Å². The van der Waals surface area contributed by atoms with E-state index in [2.05, 4.69) is 0 Å². The monoisotopic (exact) mass is 282 g/mol.